The molecule has 9 heteroatoms. The quantitative estimate of drug-likeness (QED) is 0.874. The zero-order valence-corrected chi connectivity index (χ0v) is 13.8. The molecule has 1 saturated heterocycles. The molecule has 0 aromatic carbocycles. The number of anilines is 2. The predicted molar refractivity (Wildman–Crippen MR) is 87.8 cm³/mol. The molecule has 3 heterocycles. The molecular formula is C15H21N7O2. The molecule has 2 aromatic rings. The van der Waals surface area contributed by atoms with Crippen molar-refractivity contribution in [2.24, 2.45) is 0 Å². The van der Waals surface area contributed by atoms with Crippen LogP contribution in [0, 0.1) is 6.92 Å². The largest absolute Gasteiger partial charge is 0.354 e. The molecule has 1 aliphatic heterocycles. The molecule has 1 aliphatic rings. The summed E-state index contributed by atoms with van der Waals surface area (Å²) in [6.07, 6.45) is 4.36. The smallest absolute Gasteiger partial charge is 0.329 e. The van der Waals surface area contributed by atoms with E-state index in [4.69, 9.17) is 4.52 Å². The van der Waals surface area contributed by atoms with Gasteiger partial charge in [-0.15, -0.1) is 0 Å². The standard InChI is InChI=1S/C15H21N7O2/c1-3-11-7-13(17-9-16-11)22-6-4-5-12(8-22)19-14(23)20-15-18-10(2)21-24-15/h7,9,12H,3-6,8H2,1-2H3,(H2,18,19,20,21,23). The van der Waals surface area contributed by atoms with Crippen molar-refractivity contribution < 1.29 is 9.32 Å². The molecule has 24 heavy (non-hydrogen) atoms. The van der Waals surface area contributed by atoms with Crippen molar-refractivity contribution in [3.05, 3.63) is 23.9 Å². The van der Waals surface area contributed by atoms with E-state index < -0.39 is 0 Å². The van der Waals surface area contributed by atoms with Crippen LogP contribution < -0.4 is 15.5 Å². The van der Waals surface area contributed by atoms with Gasteiger partial charge >= 0.3 is 12.0 Å². The minimum atomic E-state index is -0.345. The maximum absolute atomic E-state index is 12.0. The Bertz CT molecular complexity index is 703. The van der Waals surface area contributed by atoms with Crippen LogP contribution in [0.15, 0.2) is 16.9 Å². The van der Waals surface area contributed by atoms with Crippen molar-refractivity contribution in [2.75, 3.05) is 23.3 Å². The first-order valence-electron chi connectivity index (χ1n) is 8.07. The Morgan fingerprint density at radius 2 is 2.33 bits per heavy atom. The molecule has 2 N–H and O–H groups in total. The van der Waals surface area contributed by atoms with Gasteiger partial charge in [0.1, 0.15) is 12.1 Å². The number of nitrogens with zero attached hydrogens (tertiary/aromatic N) is 5. The molecule has 2 aromatic heterocycles. The third-order valence-electron chi connectivity index (χ3n) is 3.90. The van der Waals surface area contributed by atoms with Crippen LogP contribution in [-0.2, 0) is 6.42 Å². The zero-order chi connectivity index (χ0) is 16.9. The van der Waals surface area contributed by atoms with Crippen LogP contribution in [0.3, 0.4) is 0 Å². The lowest BCUT2D eigenvalue weighted by atomic mass is 10.1. The molecule has 2 amide bonds. The molecule has 1 unspecified atom stereocenters. The van der Waals surface area contributed by atoms with Crippen LogP contribution in [0.2, 0.25) is 0 Å². The third-order valence-corrected chi connectivity index (χ3v) is 3.90. The van der Waals surface area contributed by atoms with Gasteiger partial charge in [0.2, 0.25) is 0 Å². The fraction of sp³-hybridized carbons (Fsp3) is 0.533. The van der Waals surface area contributed by atoms with E-state index in [0.29, 0.717) is 12.4 Å². The lowest BCUT2D eigenvalue weighted by molar-refractivity contribution is 0.245. The normalized spacial score (nSPS) is 17.6. The number of amides is 2. The summed E-state index contributed by atoms with van der Waals surface area (Å²) >= 11 is 0. The van der Waals surface area contributed by atoms with Gasteiger partial charge in [0.05, 0.1) is 0 Å². The second-order valence-electron chi connectivity index (χ2n) is 5.75. The van der Waals surface area contributed by atoms with Crippen LogP contribution in [-0.4, -0.2) is 45.3 Å². The Balaban J connectivity index is 1.57. The van der Waals surface area contributed by atoms with Gasteiger partial charge in [0.15, 0.2) is 5.82 Å². The van der Waals surface area contributed by atoms with E-state index in [0.717, 1.165) is 37.3 Å². The van der Waals surface area contributed by atoms with Gasteiger partial charge in [-0.05, 0) is 26.2 Å². The highest BCUT2D eigenvalue weighted by Crippen LogP contribution is 2.18. The van der Waals surface area contributed by atoms with Gasteiger partial charge in [-0.2, -0.15) is 4.98 Å². The van der Waals surface area contributed by atoms with E-state index >= 15 is 0 Å². The number of piperidine rings is 1. The minimum absolute atomic E-state index is 0.0304. The maximum Gasteiger partial charge on any atom is 0.329 e. The summed E-state index contributed by atoms with van der Waals surface area (Å²) in [5.41, 5.74) is 1.01. The van der Waals surface area contributed by atoms with Gasteiger partial charge in [-0.3, -0.25) is 5.32 Å². The van der Waals surface area contributed by atoms with E-state index in [1.54, 1.807) is 13.3 Å². The van der Waals surface area contributed by atoms with E-state index in [1.165, 1.54) is 0 Å². The highest BCUT2D eigenvalue weighted by Gasteiger charge is 2.23. The fourth-order valence-electron chi connectivity index (χ4n) is 2.72. The first kappa shape index (κ1) is 16.2. The summed E-state index contributed by atoms with van der Waals surface area (Å²) in [5.74, 6) is 1.38. The summed E-state index contributed by atoms with van der Waals surface area (Å²) in [6, 6.07) is 1.79. The average Bonchev–Trinajstić information content (AvgIpc) is 3.00. The van der Waals surface area contributed by atoms with Gasteiger partial charge in [-0.25, -0.2) is 14.8 Å². The lowest BCUT2D eigenvalue weighted by Gasteiger charge is -2.33. The SMILES string of the molecule is CCc1cc(N2CCCC(NC(=O)Nc3nc(C)no3)C2)ncn1. The van der Waals surface area contributed by atoms with Crippen LogP contribution in [0.5, 0.6) is 0 Å². The molecule has 0 saturated carbocycles. The number of urea groups is 1. The van der Waals surface area contributed by atoms with Crippen molar-refractivity contribution >= 4 is 17.9 Å². The number of aromatic nitrogens is 4. The van der Waals surface area contributed by atoms with Gasteiger partial charge in [-0.1, -0.05) is 12.1 Å². The topological polar surface area (TPSA) is 109 Å². The van der Waals surface area contributed by atoms with Crippen molar-refractivity contribution in [3.8, 4) is 0 Å². The summed E-state index contributed by atoms with van der Waals surface area (Å²) < 4.78 is 4.88. The van der Waals surface area contributed by atoms with E-state index in [9.17, 15) is 4.79 Å². The number of hydrogen-bond acceptors (Lipinski definition) is 7. The van der Waals surface area contributed by atoms with Crippen LogP contribution in [0.4, 0.5) is 16.6 Å². The predicted octanol–water partition coefficient (Wildman–Crippen LogP) is 1.52. The van der Waals surface area contributed by atoms with Crippen molar-refractivity contribution in [3.63, 3.8) is 0 Å². The number of hydrogen-bond donors (Lipinski definition) is 2. The van der Waals surface area contributed by atoms with Crippen LogP contribution >= 0.6 is 0 Å². The van der Waals surface area contributed by atoms with Crippen LogP contribution in [0.1, 0.15) is 31.3 Å². The molecule has 0 spiro atoms. The monoisotopic (exact) mass is 331 g/mol. The van der Waals surface area contributed by atoms with Gasteiger partial charge in [0.25, 0.3) is 0 Å². The van der Waals surface area contributed by atoms with E-state index in [1.807, 2.05) is 6.07 Å². The minimum Gasteiger partial charge on any atom is -0.354 e. The number of carbonyl (C=O) groups is 1. The van der Waals surface area contributed by atoms with Gasteiger partial charge < -0.3 is 14.7 Å². The van der Waals surface area contributed by atoms with E-state index in [-0.39, 0.29) is 18.1 Å². The van der Waals surface area contributed by atoms with Crippen molar-refractivity contribution in [1.29, 1.82) is 0 Å². The number of nitrogens with one attached hydrogen (secondary N) is 2. The highest BCUT2D eigenvalue weighted by molar-refractivity contribution is 5.87. The zero-order valence-electron chi connectivity index (χ0n) is 13.8. The van der Waals surface area contributed by atoms with Crippen molar-refractivity contribution in [2.45, 2.75) is 39.2 Å². The summed E-state index contributed by atoms with van der Waals surface area (Å²) in [7, 11) is 0. The molecule has 3 rings (SSSR count). The summed E-state index contributed by atoms with van der Waals surface area (Å²) in [5, 5.41) is 9.12. The first-order valence-corrected chi connectivity index (χ1v) is 8.07. The van der Waals surface area contributed by atoms with E-state index in [2.05, 4.69) is 42.6 Å². The molecule has 128 valence electrons. The molecule has 9 nitrogen and oxygen atoms in total. The summed E-state index contributed by atoms with van der Waals surface area (Å²) in [4.78, 5) is 26.7. The highest BCUT2D eigenvalue weighted by atomic mass is 16.5. The van der Waals surface area contributed by atoms with Gasteiger partial charge in [0, 0.05) is 30.9 Å². The second kappa shape index (κ2) is 7.24. The second-order valence-corrected chi connectivity index (χ2v) is 5.75. The number of aryl methyl sites for hydroxylation is 2. The number of carbonyl (C=O) groups excluding carboxylic acids is 1. The Hall–Kier alpha value is -2.71. The lowest BCUT2D eigenvalue weighted by Crippen LogP contribution is -2.49. The number of rotatable bonds is 4. The molecule has 0 bridgehead atoms. The fourth-order valence-corrected chi connectivity index (χ4v) is 2.72. The molecule has 1 atom stereocenters. The Morgan fingerprint density at radius 3 is 3.08 bits per heavy atom. The summed E-state index contributed by atoms with van der Waals surface area (Å²) in [6.45, 7) is 5.38. The third kappa shape index (κ3) is 3.98. The molecule has 0 radical (unpaired) electrons. The maximum atomic E-state index is 12.0. The molecule has 1 fully saturated rings. The Morgan fingerprint density at radius 1 is 1.46 bits per heavy atom. The Kier molecular flexibility index (Phi) is 4.88. The Labute approximate surface area is 139 Å². The molecular weight excluding hydrogens is 310 g/mol. The average molecular weight is 331 g/mol. The van der Waals surface area contributed by atoms with Crippen molar-refractivity contribution in [1.82, 2.24) is 25.4 Å². The molecule has 0 aliphatic carbocycles. The van der Waals surface area contributed by atoms with Crippen LogP contribution in [0.25, 0.3) is 0 Å². The first-order chi connectivity index (χ1) is 11.6.